The monoisotopic (exact) mass is 367 g/mol. The molecule has 2 aliphatic heterocycles. The normalized spacial score (nSPS) is 22.6. The Morgan fingerprint density at radius 1 is 1.28 bits per heavy atom. The van der Waals surface area contributed by atoms with Gasteiger partial charge in [-0.3, -0.25) is 9.69 Å². The molecule has 0 spiro atoms. The van der Waals surface area contributed by atoms with Gasteiger partial charge in [0.1, 0.15) is 5.82 Å². The van der Waals surface area contributed by atoms with Crippen molar-refractivity contribution in [2.24, 2.45) is 0 Å². The molecule has 8 heteroatoms. The SMILES string of the molecule is CSc1nnc(C2CCCN(CC(=O)N3CCOCC3)C2)n1C(C)C. The summed E-state index contributed by atoms with van der Waals surface area (Å²) in [4.78, 5) is 16.7. The Bertz CT molecular complexity index is 586. The fourth-order valence-corrected chi connectivity index (χ4v) is 4.33. The number of amides is 1. The number of morpholine rings is 1. The van der Waals surface area contributed by atoms with E-state index in [4.69, 9.17) is 4.74 Å². The number of nitrogens with zero attached hydrogens (tertiary/aromatic N) is 5. The Morgan fingerprint density at radius 3 is 2.72 bits per heavy atom. The summed E-state index contributed by atoms with van der Waals surface area (Å²) in [5.41, 5.74) is 0. The van der Waals surface area contributed by atoms with Gasteiger partial charge in [-0.25, -0.2) is 0 Å². The first-order valence-electron chi connectivity index (χ1n) is 9.16. The molecule has 1 aromatic heterocycles. The number of carbonyl (C=O) groups is 1. The van der Waals surface area contributed by atoms with E-state index in [0.29, 0.717) is 31.7 Å². The molecule has 2 fully saturated rings. The number of rotatable bonds is 5. The number of thioether (sulfide) groups is 1. The van der Waals surface area contributed by atoms with Crippen molar-refractivity contribution in [2.75, 3.05) is 52.2 Å². The quantitative estimate of drug-likeness (QED) is 0.737. The molecule has 2 aliphatic rings. The molecular weight excluding hydrogens is 338 g/mol. The molecule has 0 aliphatic carbocycles. The lowest BCUT2D eigenvalue weighted by Crippen LogP contribution is -2.47. The van der Waals surface area contributed by atoms with E-state index in [0.717, 1.165) is 50.0 Å². The molecule has 7 nitrogen and oxygen atoms in total. The van der Waals surface area contributed by atoms with Gasteiger partial charge in [-0.2, -0.15) is 0 Å². The highest BCUT2D eigenvalue weighted by Crippen LogP contribution is 2.30. The highest BCUT2D eigenvalue weighted by atomic mass is 32.2. The summed E-state index contributed by atoms with van der Waals surface area (Å²) in [7, 11) is 0. The summed E-state index contributed by atoms with van der Waals surface area (Å²) in [6.07, 6.45) is 4.25. The second-order valence-electron chi connectivity index (χ2n) is 7.08. The maximum absolute atomic E-state index is 12.5. The molecule has 3 heterocycles. The third kappa shape index (κ3) is 4.35. The Kier molecular flexibility index (Phi) is 6.35. The highest BCUT2D eigenvalue weighted by molar-refractivity contribution is 7.98. The lowest BCUT2D eigenvalue weighted by Gasteiger charge is -2.34. The van der Waals surface area contributed by atoms with Gasteiger partial charge in [0.2, 0.25) is 5.91 Å². The van der Waals surface area contributed by atoms with Gasteiger partial charge in [-0.15, -0.1) is 10.2 Å². The van der Waals surface area contributed by atoms with E-state index >= 15 is 0 Å². The average molecular weight is 368 g/mol. The second-order valence-corrected chi connectivity index (χ2v) is 7.85. The first-order valence-corrected chi connectivity index (χ1v) is 10.4. The molecule has 0 aromatic carbocycles. The van der Waals surface area contributed by atoms with Gasteiger partial charge in [0.25, 0.3) is 0 Å². The summed E-state index contributed by atoms with van der Waals surface area (Å²) in [5, 5.41) is 9.83. The number of aromatic nitrogens is 3. The standard InChI is InChI=1S/C17H29N5O2S/c1-13(2)22-16(18-19-17(22)25-3)14-5-4-6-20(11-14)12-15(23)21-7-9-24-10-8-21/h13-14H,4-12H2,1-3H3. The number of likely N-dealkylation sites (tertiary alicyclic amines) is 1. The van der Waals surface area contributed by atoms with Crippen LogP contribution in [0.2, 0.25) is 0 Å². The maximum Gasteiger partial charge on any atom is 0.236 e. The smallest absolute Gasteiger partial charge is 0.236 e. The summed E-state index contributed by atoms with van der Waals surface area (Å²) in [5.74, 6) is 1.64. The van der Waals surface area contributed by atoms with E-state index in [1.807, 2.05) is 11.2 Å². The fourth-order valence-electron chi connectivity index (χ4n) is 3.71. The van der Waals surface area contributed by atoms with Gasteiger partial charge in [-0.1, -0.05) is 11.8 Å². The zero-order valence-corrected chi connectivity index (χ0v) is 16.3. The summed E-state index contributed by atoms with van der Waals surface area (Å²) in [6, 6.07) is 0.345. The molecule has 2 saturated heterocycles. The van der Waals surface area contributed by atoms with Crippen LogP contribution in [0.25, 0.3) is 0 Å². The fraction of sp³-hybridized carbons (Fsp3) is 0.824. The molecule has 1 aromatic rings. The minimum atomic E-state index is 0.221. The number of carbonyl (C=O) groups excluding carboxylic acids is 1. The van der Waals surface area contributed by atoms with Crippen LogP contribution >= 0.6 is 11.8 Å². The van der Waals surface area contributed by atoms with Crippen molar-refractivity contribution >= 4 is 17.7 Å². The van der Waals surface area contributed by atoms with Gasteiger partial charge in [0, 0.05) is 31.6 Å². The van der Waals surface area contributed by atoms with E-state index in [1.165, 1.54) is 0 Å². The van der Waals surface area contributed by atoms with Crippen LogP contribution in [0.5, 0.6) is 0 Å². The minimum absolute atomic E-state index is 0.221. The van der Waals surface area contributed by atoms with Gasteiger partial charge in [-0.05, 0) is 39.5 Å². The van der Waals surface area contributed by atoms with Crippen molar-refractivity contribution in [3.05, 3.63) is 5.82 Å². The zero-order chi connectivity index (χ0) is 17.8. The van der Waals surface area contributed by atoms with Crippen LogP contribution in [0, 0.1) is 0 Å². The predicted molar refractivity (Wildman–Crippen MR) is 98.0 cm³/mol. The van der Waals surface area contributed by atoms with Gasteiger partial charge < -0.3 is 14.2 Å². The number of piperidine rings is 1. The third-order valence-corrected chi connectivity index (χ3v) is 5.63. The van der Waals surface area contributed by atoms with Crippen LogP contribution in [0.3, 0.4) is 0 Å². The van der Waals surface area contributed by atoms with Crippen molar-refractivity contribution in [1.82, 2.24) is 24.6 Å². The lowest BCUT2D eigenvalue weighted by molar-refractivity contribution is -0.136. The molecule has 1 amide bonds. The van der Waals surface area contributed by atoms with Crippen LogP contribution < -0.4 is 0 Å². The molecule has 0 N–H and O–H groups in total. The van der Waals surface area contributed by atoms with Crippen molar-refractivity contribution in [2.45, 2.75) is 43.8 Å². The summed E-state index contributed by atoms with van der Waals surface area (Å²) >= 11 is 1.64. The summed E-state index contributed by atoms with van der Waals surface area (Å²) in [6.45, 7) is 9.47. The van der Waals surface area contributed by atoms with E-state index in [-0.39, 0.29) is 5.91 Å². The van der Waals surface area contributed by atoms with Crippen LogP contribution in [-0.2, 0) is 9.53 Å². The van der Waals surface area contributed by atoms with Gasteiger partial charge in [0.05, 0.1) is 19.8 Å². The first kappa shape index (κ1) is 18.7. The van der Waals surface area contributed by atoms with E-state index < -0.39 is 0 Å². The predicted octanol–water partition coefficient (Wildman–Crippen LogP) is 1.62. The topological polar surface area (TPSA) is 63.5 Å². The average Bonchev–Trinajstić information content (AvgIpc) is 3.07. The number of ether oxygens (including phenoxy) is 1. The molecule has 140 valence electrons. The molecule has 3 rings (SSSR count). The Balaban J connectivity index is 1.65. The molecule has 0 radical (unpaired) electrons. The summed E-state index contributed by atoms with van der Waals surface area (Å²) < 4.78 is 7.59. The lowest BCUT2D eigenvalue weighted by atomic mass is 9.97. The van der Waals surface area contributed by atoms with Crippen molar-refractivity contribution in [1.29, 1.82) is 0 Å². The van der Waals surface area contributed by atoms with Crippen LogP contribution in [0.1, 0.15) is 44.5 Å². The van der Waals surface area contributed by atoms with Crippen molar-refractivity contribution in [3.8, 4) is 0 Å². The highest BCUT2D eigenvalue weighted by Gasteiger charge is 2.29. The molecule has 25 heavy (non-hydrogen) atoms. The third-order valence-electron chi connectivity index (χ3n) is 4.98. The van der Waals surface area contributed by atoms with Gasteiger partial charge >= 0.3 is 0 Å². The van der Waals surface area contributed by atoms with Gasteiger partial charge in [0.15, 0.2) is 5.16 Å². The van der Waals surface area contributed by atoms with Crippen molar-refractivity contribution < 1.29 is 9.53 Å². The Morgan fingerprint density at radius 2 is 2.04 bits per heavy atom. The van der Waals surface area contributed by atoms with Crippen LogP contribution in [-0.4, -0.2) is 82.7 Å². The first-order chi connectivity index (χ1) is 12.1. The van der Waals surface area contributed by atoms with E-state index in [1.54, 1.807) is 11.8 Å². The Labute approximate surface area is 154 Å². The molecule has 0 bridgehead atoms. The largest absolute Gasteiger partial charge is 0.378 e. The number of hydrogen-bond acceptors (Lipinski definition) is 6. The van der Waals surface area contributed by atoms with Crippen LogP contribution in [0.15, 0.2) is 5.16 Å². The zero-order valence-electron chi connectivity index (χ0n) is 15.5. The molecule has 1 unspecified atom stereocenters. The second kappa shape index (κ2) is 8.51. The Hall–Kier alpha value is -1.12. The molecular formula is C17H29N5O2S. The van der Waals surface area contributed by atoms with Crippen molar-refractivity contribution in [3.63, 3.8) is 0 Å². The molecule has 1 atom stereocenters. The van der Waals surface area contributed by atoms with E-state index in [9.17, 15) is 4.79 Å². The van der Waals surface area contributed by atoms with Crippen LogP contribution in [0.4, 0.5) is 0 Å². The maximum atomic E-state index is 12.5. The molecule has 0 saturated carbocycles. The number of hydrogen-bond donors (Lipinski definition) is 0. The minimum Gasteiger partial charge on any atom is -0.378 e. The van der Waals surface area contributed by atoms with E-state index in [2.05, 4.69) is 33.5 Å².